The molecule has 0 fully saturated rings. The van der Waals surface area contributed by atoms with Crippen LogP contribution in [0.4, 0.5) is 0 Å². The Morgan fingerprint density at radius 2 is 2.10 bits per heavy atom. The normalized spacial score (nSPS) is 12.2. The number of rotatable bonds is 7. The number of pyridine rings is 1. The first-order chi connectivity index (χ1) is 9.49. The third kappa shape index (κ3) is 4.68. The third-order valence-corrected chi connectivity index (χ3v) is 4.05. The van der Waals surface area contributed by atoms with Crippen molar-refractivity contribution in [2.75, 3.05) is 18.8 Å². The zero-order chi connectivity index (χ0) is 15.1. The maximum atomic E-state index is 12.0. The van der Waals surface area contributed by atoms with Crippen LogP contribution in [-0.2, 0) is 4.79 Å². The average molecular weight is 297 g/mol. The summed E-state index contributed by atoms with van der Waals surface area (Å²) in [6, 6.07) is 2.90. The number of amides is 1. The summed E-state index contributed by atoms with van der Waals surface area (Å²) in [5, 5.41) is 10.3. The van der Waals surface area contributed by atoms with Crippen LogP contribution in [0.3, 0.4) is 0 Å². The summed E-state index contributed by atoms with van der Waals surface area (Å²) in [6.07, 6.45) is 0.565. The Labute approximate surface area is 124 Å². The van der Waals surface area contributed by atoms with Gasteiger partial charge in [0.15, 0.2) is 0 Å². The lowest BCUT2D eigenvalue weighted by atomic mass is 10.2. The Morgan fingerprint density at radius 1 is 1.45 bits per heavy atom. The van der Waals surface area contributed by atoms with Gasteiger partial charge in [-0.3, -0.25) is 4.79 Å². The molecule has 0 aliphatic rings. The molecular formula is C14H23N3O2S. The third-order valence-electron chi connectivity index (χ3n) is 3.04. The van der Waals surface area contributed by atoms with Crippen LogP contribution in [-0.4, -0.2) is 45.8 Å². The zero-order valence-electron chi connectivity index (χ0n) is 12.3. The second-order valence-corrected chi connectivity index (χ2v) is 5.61. The van der Waals surface area contributed by atoms with Crippen molar-refractivity contribution in [2.45, 2.75) is 38.3 Å². The Bertz CT molecular complexity index is 450. The van der Waals surface area contributed by atoms with Gasteiger partial charge >= 0.3 is 0 Å². The molecule has 0 radical (unpaired) electrons. The number of thioether (sulfide) groups is 1. The first kappa shape index (κ1) is 16.8. The van der Waals surface area contributed by atoms with Gasteiger partial charge in [0.05, 0.1) is 6.04 Å². The van der Waals surface area contributed by atoms with Crippen LogP contribution in [0, 0.1) is 6.92 Å². The van der Waals surface area contributed by atoms with Gasteiger partial charge in [0, 0.05) is 24.5 Å². The van der Waals surface area contributed by atoms with E-state index in [9.17, 15) is 9.90 Å². The standard InChI is InChI=1S/C14H23N3O2S/c1-4-17(5-2)14(19)11(15)8-9-20-13-12(18)7-6-10(3)16-13/h6-7,11,18H,4-5,8-9,15H2,1-3H3. The van der Waals surface area contributed by atoms with Gasteiger partial charge in [-0.25, -0.2) is 4.98 Å². The van der Waals surface area contributed by atoms with E-state index < -0.39 is 6.04 Å². The molecule has 1 rings (SSSR count). The van der Waals surface area contributed by atoms with E-state index in [2.05, 4.69) is 4.98 Å². The van der Waals surface area contributed by atoms with Crippen molar-refractivity contribution in [1.82, 2.24) is 9.88 Å². The maximum Gasteiger partial charge on any atom is 0.239 e. The maximum absolute atomic E-state index is 12.0. The van der Waals surface area contributed by atoms with E-state index >= 15 is 0 Å². The molecule has 1 aromatic rings. The van der Waals surface area contributed by atoms with Gasteiger partial charge in [-0.2, -0.15) is 0 Å². The molecule has 1 aromatic heterocycles. The number of nitrogens with zero attached hydrogens (tertiary/aromatic N) is 2. The molecule has 5 nitrogen and oxygen atoms in total. The summed E-state index contributed by atoms with van der Waals surface area (Å²) in [5.74, 6) is 0.805. The highest BCUT2D eigenvalue weighted by Gasteiger charge is 2.18. The fraction of sp³-hybridized carbons (Fsp3) is 0.571. The quantitative estimate of drug-likeness (QED) is 0.750. The molecule has 0 saturated carbocycles. The zero-order valence-corrected chi connectivity index (χ0v) is 13.1. The van der Waals surface area contributed by atoms with Crippen LogP contribution in [0.1, 0.15) is 26.0 Å². The van der Waals surface area contributed by atoms with Crippen molar-refractivity contribution in [3.05, 3.63) is 17.8 Å². The number of hydrogen-bond donors (Lipinski definition) is 2. The van der Waals surface area contributed by atoms with E-state index in [1.165, 1.54) is 11.8 Å². The number of nitrogens with two attached hydrogens (primary N) is 1. The van der Waals surface area contributed by atoms with Crippen molar-refractivity contribution in [1.29, 1.82) is 0 Å². The molecule has 0 spiro atoms. The van der Waals surface area contributed by atoms with Gasteiger partial charge in [0.1, 0.15) is 10.8 Å². The van der Waals surface area contributed by atoms with Crippen molar-refractivity contribution in [2.24, 2.45) is 5.73 Å². The number of carbonyl (C=O) groups excluding carboxylic acids is 1. The van der Waals surface area contributed by atoms with Crippen molar-refractivity contribution >= 4 is 17.7 Å². The molecule has 0 saturated heterocycles. The van der Waals surface area contributed by atoms with E-state index in [1.807, 2.05) is 20.8 Å². The SMILES string of the molecule is CCN(CC)C(=O)C(N)CCSc1nc(C)ccc1O. The molecule has 1 unspecified atom stereocenters. The predicted molar refractivity (Wildman–Crippen MR) is 81.9 cm³/mol. The number of hydrogen-bond acceptors (Lipinski definition) is 5. The Morgan fingerprint density at radius 3 is 2.70 bits per heavy atom. The molecule has 1 heterocycles. The molecule has 112 valence electrons. The molecule has 1 amide bonds. The number of likely N-dealkylation sites (N-methyl/N-ethyl adjacent to an activating group) is 1. The van der Waals surface area contributed by atoms with Crippen molar-refractivity contribution in [3.8, 4) is 5.75 Å². The molecule has 1 atom stereocenters. The monoisotopic (exact) mass is 297 g/mol. The first-order valence-corrected chi connectivity index (χ1v) is 7.81. The highest BCUT2D eigenvalue weighted by Crippen LogP contribution is 2.26. The van der Waals surface area contributed by atoms with Gasteiger partial charge in [0.25, 0.3) is 0 Å². The van der Waals surface area contributed by atoms with Gasteiger partial charge in [-0.05, 0) is 39.3 Å². The number of carbonyl (C=O) groups is 1. The molecule has 0 aliphatic heterocycles. The Balaban J connectivity index is 2.47. The predicted octanol–water partition coefficient (Wildman–Crippen LogP) is 1.77. The second-order valence-electron chi connectivity index (χ2n) is 4.53. The van der Waals surface area contributed by atoms with Crippen LogP contribution >= 0.6 is 11.8 Å². The van der Waals surface area contributed by atoms with Crippen LogP contribution in [0.5, 0.6) is 5.75 Å². The first-order valence-electron chi connectivity index (χ1n) is 6.83. The summed E-state index contributed by atoms with van der Waals surface area (Å²) in [5.41, 5.74) is 6.77. The van der Waals surface area contributed by atoms with Gasteiger partial charge in [0.2, 0.25) is 5.91 Å². The largest absolute Gasteiger partial charge is 0.505 e. The smallest absolute Gasteiger partial charge is 0.239 e. The van der Waals surface area contributed by atoms with Crippen LogP contribution < -0.4 is 5.73 Å². The van der Waals surface area contributed by atoms with Crippen LogP contribution in [0.15, 0.2) is 17.2 Å². The number of aromatic nitrogens is 1. The van der Waals surface area contributed by atoms with E-state index in [1.54, 1.807) is 17.0 Å². The fourth-order valence-electron chi connectivity index (χ4n) is 1.81. The van der Waals surface area contributed by atoms with Crippen LogP contribution in [0.25, 0.3) is 0 Å². The van der Waals surface area contributed by atoms with Gasteiger partial charge in [-0.15, -0.1) is 11.8 Å². The summed E-state index contributed by atoms with van der Waals surface area (Å²) in [4.78, 5) is 18.0. The minimum absolute atomic E-state index is 0.0166. The Kier molecular flexibility index (Phi) is 6.81. The fourth-order valence-corrected chi connectivity index (χ4v) is 2.80. The number of aryl methyl sites for hydroxylation is 1. The molecular weight excluding hydrogens is 274 g/mol. The molecule has 0 bridgehead atoms. The molecule has 20 heavy (non-hydrogen) atoms. The van der Waals surface area contributed by atoms with E-state index in [0.717, 1.165) is 5.69 Å². The Hall–Kier alpha value is -1.27. The highest BCUT2D eigenvalue weighted by atomic mass is 32.2. The molecule has 0 aliphatic carbocycles. The summed E-state index contributed by atoms with van der Waals surface area (Å²) in [7, 11) is 0. The lowest BCUT2D eigenvalue weighted by Gasteiger charge is -2.22. The molecule has 3 N–H and O–H groups in total. The number of aromatic hydroxyl groups is 1. The van der Waals surface area contributed by atoms with E-state index in [4.69, 9.17) is 5.73 Å². The summed E-state index contributed by atoms with van der Waals surface area (Å²) >= 11 is 1.42. The van der Waals surface area contributed by atoms with Gasteiger partial charge in [-0.1, -0.05) is 0 Å². The summed E-state index contributed by atoms with van der Waals surface area (Å²) < 4.78 is 0. The molecule has 6 heteroatoms. The van der Waals surface area contributed by atoms with Crippen molar-refractivity contribution < 1.29 is 9.90 Å². The minimum Gasteiger partial charge on any atom is -0.505 e. The molecule has 0 aromatic carbocycles. The van der Waals surface area contributed by atoms with E-state index in [0.29, 0.717) is 30.3 Å². The van der Waals surface area contributed by atoms with Crippen molar-refractivity contribution in [3.63, 3.8) is 0 Å². The van der Waals surface area contributed by atoms with E-state index in [-0.39, 0.29) is 11.7 Å². The van der Waals surface area contributed by atoms with Crippen LogP contribution in [0.2, 0.25) is 0 Å². The second kappa shape index (κ2) is 8.11. The summed E-state index contributed by atoms with van der Waals surface area (Å²) in [6.45, 7) is 7.11. The average Bonchev–Trinajstić information content (AvgIpc) is 2.43. The highest BCUT2D eigenvalue weighted by molar-refractivity contribution is 7.99. The lowest BCUT2D eigenvalue weighted by molar-refractivity contribution is -0.132. The lowest BCUT2D eigenvalue weighted by Crippen LogP contribution is -2.43. The minimum atomic E-state index is -0.491. The van der Waals surface area contributed by atoms with Gasteiger partial charge < -0.3 is 15.7 Å². The topological polar surface area (TPSA) is 79.5 Å².